The molecule has 0 amide bonds. The summed E-state index contributed by atoms with van der Waals surface area (Å²) in [5.41, 5.74) is 6.11. The average Bonchev–Trinajstić information content (AvgIpc) is 2.41. The van der Waals surface area contributed by atoms with Crippen LogP contribution in [0.3, 0.4) is 0 Å². The largest absolute Gasteiger partial charge is 0.486 e. The molecule has 0 radical (unpaired) electrons. The number of rotatable bonds is 4. The molecule has 4 nitrogen and oxygen atoms in total. The molecule has 0 aromatic heterocycles. The Morgan fingerprint density at radius 2 is 1.71 bits per heavy atom. The molecule has 1 aromatic carbocycles. The van der Waals surface area contributed by atoms with Crippen molar-refractivity contribution >= 4 is 12.0 Å². The number of nitrogens with two attached hydrogens (primary N) is 1. The molecule has 1 rings (SSSR count). The highest BCUT2D eigenvalue weighted by atomic mass is 16.5. The smallest absolute Gasteiger partial charge is 0.157 e. The van der Waals surface area contributed by atoms with Crippen LogP contribution in [0.5, 0.6) is 5.75 Å². The topological polar surface area (TPSA) is 61.6 Å². The second-order valence-corrected chi connectivity index (χ2v) is 2.62. The molecule has 0 fully saturated rings. The van der Waals surface area contributed by atoms with Gasteiger partial charge in [-0.15, -0.1) is 0 Å². The molecule has 0 unspecified atom stereocenters. The van der Waals surface area contributed by atoms with E-state index < -0.39 is 0 Å². The molecule has 1 aromatic rings. The Hall–Kier alpha value is -1.55. The zero-order valence-electron chi connectivity index (χ0n) is 11.1. The van der Waals surface area contributed by atoms with Crippen molar-refractivity contribution in [3.8, 4) is 5.75 Å². The lowest BCUT2D eigenvalue weighted by molar-refractivity contribution is -0.109. The third-order valence-electron chi connectivity index (χ3n) is 1.49. The highest BCUT2D eigenvalue weighted by molar-refractivity contribution is 5.51. The first-order valence-electron chi connectivity index (χ1n) is 5.65. The fourth-order valence-corrected chi connectivity index (χ4v) is 0.694. The minimum Gasteiger partial charge on any atom is -0.486 e. The van der Waals surface area contributed by atoms with Crippen molar-refractivity contribution in [1.82, 2.24) is 0 Å². The van der Waals surface area contributed by atoms with Crippen LogP contribution < -0.4 is 10.5 Å². The fraction of sp³-hybridized carbons (Fsp3) is 0.462. The minimum atomic E-state index is 0.0872. The molecule has 4 heteroatoms. The van der Waals surface area contributed by atoms with Gasteiger partial charge in [-0.25, -0.2) is 0 Å². The lowest BCUT2D eigenvalue weighted by Crippen LogP contribution is -1.97. The van der Waals surface area contributed by atoms with Gasteiger partial charge >= 0.3 is 0 Å². The van der Waals surface area contributed by atoms with Gasteiger partial charge in [-0.3, -0.25) is 4.79 Å². The van der Waals surface area contributed by atoms with Gasteiger partial charge < -0.3 is 15.2 Å². The van der Waals surface area contributed by atoms with Crippen molar-refractivity contribution in [3.05, 3.63) is 24.3 Å². The van der Waals surface area contributed by atoms with Crippen LogP contribution in [0.1, 0.15) is 20.8 Å². The van der Waals surface area contributed by atoms with Crippen molar-refractivity contribution in [3.63, 3.8) is 0 Å². The summed E-state index contributed by atoms with van der Waals surface area (Å²) in [6.07, 6.45) is 0.705. The molecule has 0 bridgehead atoms. The molecule has 98 valence electrons. The summed E-state index contributed by atoms with van der Waals surface area (Å²) in [5.74, 6) is 0.659. The first kappa shape index (κ1) is 17.8. The number of carbonyl (C=O) groups is 1. The van der Waals surface area contributed by atoms with Crippen LogP contribution in [-0.4, -0.2) is 26.6 Å². The quantitative estimate of drug-likeness (QED) is 0.650. The molecule has 0 spiro atoms. The molecule has 0 saturated carbocycles. The summed E-state index contributed by atoms with van der Waals surface area (Å²) in [5, 5.41) is 0. The number of aldehydes is 1. The third-order valence-corrected chi connectivity index (χ3v) is 1.49. The molecular formula is C13H23NO3. The number of hydrogen-bond acceptors (Lipinski definition) is 4. The van der Waals surface area contributed by atoms with E-state index in [-0.39, 0.29) is 6.61 Å². The van der Waals surface area contributed by atoms with E-state index in [1.807, 2.05) is 20.8 Å². The molecule has 0 aliphatic rings. The summed E-state index contributed by atoms with van der Waals surface area (Å²) in [4.78, 5) is 9.90. The monoisotopic (exact) mass is 241 g/mol. The highest BCUT2D eigenvalue weighted by Crippen LogP contribution is 2.12. The Balaban J connectivity index is 0. The van der Waals surface area contributed by atoms with Gasteiger partial charge in [0.15, 0.2) is 6.29 Å². The Morgan fingerprint density at radius 3 is 2.06 bits per heavy atom. The van der Waals surface area contributed by atoms with Gasteiger partial charge in [-0.2, -0.15) is 0 Å². The van der Waals surface area contributed by atoms with Crippen molar-refractivity contribution in [2.24, 2.45) is 0 Å². The molecule has 2 N–H and O–H groups in total. The molecule has 0 atom stereocenters. The van der Waals surface area contributed by atoms with Crippen LogP contribution in [0.15, 0.2) is 24.3 Å². The average molecular weight is 241 g/mol. The van der Waals surface area contributed by atoms with E-state index >= 15 is 0 Å². The number of anilines is 1. The summed E-state index contributed by atoms with van der Waals surface area (Å²) in [7, 11) is 1.68. The first-order valence-corrected chi connectivity index (χ1v) is 5.65. The Morgan fingerprint density at radius 1 is 1.24 bits per heavy atom. The summed E-state index contributed by atoms with van der Waals surface area (Å²) < 4.78 is 9.53. The number of carbonyl (C=O) groups excluding carboxylic acids is 1. The van der Waals surface area contributed by atoms with Gasteiger partial charge in [0, 0.05) is 19.4 Å². The number of nitrogen functional groups attached to an aromatic ring is 1. The predicted molar refractivity (Wildman–Crippen MR) is 71.3 cm³/mol. The van der Waals surface area contributed by atoms with E-state index in [1.165, 1.54) is 0 Å². The van der Waals surface area contributed by atoms with Crippen LogP contribution in [0, 0.1) is 0 Å². The van der Waals surface area contributed by atoms with Crippen LogP contribution >= 0.6 is 0 Å². The summed E-state index contributed by atoms with van der Waals surface area (Å²) >= 11 is 0. The van der Waals surface area contributed by atoms with Gasteiger partial charge in [0.2, 0.25) is 0 Å². The maximum atomic E-state index is 9.90. The maximum Gasteiger partial charge on any atom is 0.157 e. The normalized spacial score (nSPS) is 8.00. The Labute approximate surface area is 104 Å². The number of methoxy groups -OCH3 is 1. The van der Waals surface area contributed by atoms with Crippen molar-refractivity contribution in [1.29, 1.82) is 0 Å². The number of benzene rings is 1. The van der Waals surface area contributed by atoms with E-state index in [0.717, 1.165) is 6.61 Å². The van der Waals surface area contributed by atoms with E-state index in [2.05, 4.69) is 4.74 Å². The molecule has 0 saturated heterocycles. The van der Waals surface area contributed by atoms with Gasteiger partial charge in [0.25, 0.3) is 0 Å². The predicted octanol–water partition coefficient (Wildman–Crippen LogP) is 2.53. The lowest BCUT2D eigenvalue weighted by Gasteiger charge is -2.00. The highest BCUT2D eigenvalue weighted by Gasteiger charge is 1.90. The molecular weight excluding hydrogens is 218 g/mol. The molecule has 0 heterocycles. The van der Waals surface area contributed by atoms with E-state index in [0.29, 0.717) is 17.7 Å². The van der Waals surface area contributed by atoms with Crippen LogP contribution in [0.25, 0.3) is 0 Å². The van der Waals surface area contributed by atoms with E-state index in [1.54, 1.807) is 31.4 Å². The zero-order valence-corrected chi connectivity index (χ0v) is 11.1. The molecule has 0 aliphatic carbocycles. The first-order chi connectivity index (χ1) is 8.24. The Bertz CT molecular complexity index is 258. The van der Waals surface area contributed by atoms with Crippen LogP contribution in [0.4, 0.5) is 5.69 Å². The van der Waals surface area contributed by atoms with Gasteiger partial charge in [-0.1, -0.05) is 13.8 Å². The third kappa shape index (κ3) is 12.4. The Kier molecular flexibility index (Phi) is 15.2. The summed E-state index contributed by atoms with van der Waals surface area (Å²) in [6, 6.07) is 6.89. The van der Waals surface area contributed by atoms with Crippen molar-refractivity contribution < 1.29 is 14.3 Å². The van der Waals surface area contributed by atoms with E-state index in [9.17, 15) is 4.79 Å². The number of hydrogen-bond donors (Lipinski definition) is 1. The second kappa shape index (κ2) is 14.5. The molecule has 17 heavy (non-hydrogen) atoms. The van der Waals surface area contributed by atoms with Crippen LogP contribution in [-0.2, 0) is 9.53 Å². The van der Waals surface area contributed by atoms with Gasteiger partial charge in [-0.05, 0) is 31.2 Å². The SMILES string of the molecule is CC.CCOC.Nc1ccc(OCC=O)cc1. The standard InChI is InChI=1S/C8H9NO2.C3H8O.C2H6/c9-7-1-3-8(4-2-7)11-6-5-10;1-3-4-2;1-2/h1-5H,6,9H2;3H2,1-2H3;1-2H3. The van der Waals surface area contributed by atoms with E-state index in [4.69, 9.17) is 10.5 Å². The molecule has 0 aliphatic heterocycles. The minimum absolute atomic E-state index is 0.0872. The number of ether oxygens (including phenoxy) is 2. The van der Waals surface area contributed by atoms with Crippen LogP contribution in [0.2, 0.25) is 0 Å². The van der Waals surface area contributed by atoms with Gasteiger partial charge in [0.05, 0.1) is 0 Å². The van der Waals surface area contributed by atoms with Crippen molar-refractivity contribution in [2.45, 2.75) is 20.8 Å². The maximum absolute atomic E-state index is 9.90. The zero-order chi connectivity index (χ0) is 13.5. The van der Waals surface area contributed by atoms with Gasteiger partial charge in [0.1, 0.15) is 12.4 Å². The summed E-state index contributed by atoms with van der Waals surface area (Å²) in [6.45, 7) is 6.86. The van der Waals surface area contributed by atoms with Crippen molar-refractivity contribution in [2.75, 3.05) is 26.1 Å². The lowest BCUT2D eigenvalue weighted by atomic mass is 10.3. The second-order valence-electron chi connectivity index (χ2n) is 2.62. The fourth-order valence-electron chi connectivity index (χ4n) is 0.694.